The summed E-state index contributed by atoms with van der Waals surface area (Å²) in [7, 11) is -4.43. The lowest BCUT2D eigenvalue weighted by molar-refractivity contribution is -0.161. The van der Waals surface area contributed by atoms with Crippen molar-refractivity contribution in [2.75, 3.05) is 26.4 Å². The number of carbonyl (C=O) groups excluding carboxylic acids is 2. The summed E-state index contributed by atoms with van der Waals surface area (Å²) < 4.78 is 32.4. The third kappa shape index (κ3) is 35.5. The number of hydrogen-bond donors (Lipinski definition) is 3. The fourth-order valence-corrected chi connectivity index (χ4v) is 5.25. The summed E-state index contributed by atoms with van der Waals surface area (Å²) >= 11 is 0. The van der Waals surface area contributed by atoms with Gasteiger partial charge in [-0.1, -0.05) is 131 Å². The van der Waals surface area contributed by atoms with Crippen LogP contribution in [0, 0.1) is 0 Å². The summed E-state index contributed by atoms with van der Waals surface area (Å²) in [5, 5.41) is 10.2. The third-order valence-corrected chi connectivity index (χ3v) is 8.37. The number of phosphoric acid groups is 1. The topological polar surface area (TPSA) is 155 Å². The van der Waals surface area contributed by atoms with Crippen LogP contribution < -0.4 is 5.73 Å². The lowest BCUT2D eigenvalue weighted by atomic mass is 10.1. The van der Waals surface area contributed by atoms with E-state index < -0.39 is 38.6 Å². The summed E-state index contributed by atoms with van der Waals surface area (Å²) in [6.45, 7) is 3.25. The number of phosphoric ester groups is 1. The van der Waals surface area contributed by atoms with Crippen molar-refractivity contribution in [3.63, 3.8) is 0 Å². The molecule has 0 aromatic rings. The van der Waals surface area contributed by atoms with Gasteiger partial charge in [0.05, 0.1) is 19.3 Å². The molecule has 0 heterocycles. The molecule has 0 spiro atoms. The molecule has 4 N–H and O–H groups in total. The molecule has 0 aliphatic rings. The van der Waals surface area contributed by atoms with Gasteiger partial charge in [0.1, 0.15) is 6.61 Å². The number of nitrogens with two attached hydrogens (primary N) is 1. The lowest BCUT2D eigenvalue weighted by Crippen LogP contribution is -2.29. The highest BCUT2D eigenvalue weighted by Gasteiger charge is 2.26. The van der Waals surface area contributed by atoms with Gasteiger partial charge >= 0.3 is 19.8 Å². The van der Waals surface area contributed by atoms with Crippen molar-refractivity contribution < 1.29 is 42.7 Å². The molecule has 2 unspecified atom stereocenters. The standard InChI is InChI=1S/C41H68NO9P/c1-3-5-7-9-11-13-15-16-17-18-19-21-22-24-26-28-30-38(43)32-33-40(44)48-36-39(37-50-52(46,47)49-35-34-42)51-41(45)31-29-27-25-23-20-14-12-10-8-6-4-2/h5,7,10-13,16-17,19,21,24,26,28,30,38-39,43H,3-4,6,8-9,14-15,18,20,22-23,25,27,29,31-37,42H2,1-2H3,(H,46,47)/b7-5-,12-10-,13-11-,17-16-,21-19-,26-24-,30-28-/t38?,39-/m1/s1. The fraction of sp³-hybridized carbons (Fsp3) is 0.610. The van der Waals surface area contributed by atoms with Gasteiger partial charge < -0.3 is 25.2 Å². The maximum atomic E-state index is 12.5. The van der Waals surface area contributed by atoms with E-state index in [2.05, 4.69) is 74.6 Å². The van der Waals surface area contributed by atoms with Crippen LogP contribution in [0.15, 0.2) is 85.1 Å². The molecule has 0 fully saturated rings. The molecule has 11 heteroatoms. The van der Waals surface area contributed by atoms with Crippen LogP contribution in [-0.4, -0.2) is 60.5 Å². The Balaban J connectivity index is 4.48. The molecule has 0 aliphatic heterocycles. The van der Waals surface area contributed by atoms with E-state index >= 15 is 0 Å². The average molecular weight is 750 g/mol. The number of unbranched alkanes of at least 4 members (excludes halogenated alkanes) is 7. The van der Waals surface area contributed by atoms with E-state index in [1.807, 2.05) is 12.2 Å². The van der Waals surface area contributed by atoms with Crippen LogP contribution in [0.25, 0.3) is 0 Å². The predicted molar refractivity (Wildman–Crippen MR) is 211 cm³/mol. The first-order valence-electron chi connectivity index (χ1n) is 19.2. The van der Waals surface area contributed by atoms with Gasteiger partial charge in [-0.2, -0.15) is 0 Å². The lowest BCUT2D eigenvalue weighted by Gasteiger charge is -2.20. The minimum absolute atomic E-state index is 0.0168. The molecule has 0 aliphatic carbocycles. The third-order valence-electron chi connectivity index (χ3n) is 7.38. The largest absolute Gasteiger partial charge is 0.472 e. The molecule has 0 radical (unpaired) electrons. The van der Waals surface area contributed by atoms with E-state index in [0.717, 1.165) is 70.6 Å². The molecule has 0 amide bonds. The number of allylic oxidation sites excluding steroid dienone is 13. The highest BCUT2D eigenvalue weighted by atomic mass is 31.2. The van der Waals surface area contributed by atoms with E-state index in [1.54, 1.807) is 12.2 Å². The summed E-state index contributed by atoms with van der Waals surface area (Å²) in [6, 6.07) is 0. The van der Waals surface area contributed by atoms with Gasteiger partial charge in [0.25, 0.3) is 0 Å². The maximum Gasteiger partial charge on any atom is 0.472 e. The zero-order valence-electron chi connectivity index (χ0n) is 31.9. The predicted octanol–water partition coefficient (Wildman–Crippen LogP) is 9.46. The number of aliphatic hydroxyl groups excluding tert-OH is 1. The first-order chi connectivity index (χ1) is 25.2. The number of esters is 2. The van der Waals surface area contributed by atoms with Crippen LogP contribution in [-0.2, 0) is 32.7 Å². The average Bonchev–Trinajstić information content (AvgIpc) is 3.13. The van der Waals surface area contributed by atoms with Crippen LogP contribution in [0.3, 0.4) is 0 Å². The Kier molecular flexibility index (Phi) is 34.5. The fourth-order valence-electron chi connectivity index (χ4n) is 4.49. The van der Waals surface area contributed by atoms with Crippen LogP contribution in [0.1, 0.15) is 123 Å². The van der Waals surface area contributed by atoms with Crippen molar-refractivity contribution in [1.82, 2.24) is 0 Å². The number of hydrogen-bond acceptors (Lipinski definition) is 9. The molecule has 0 aromatic carbocycles. The SMILES string of the molecule is CC/C=C\C/C=C\C/C=C\C/C=C\C/C=C\C=C/C(O)CCC(=O)OC[C@H](COP(=O)(O)OCCN)OC(=O)CCCCCCC/C=C\CCCC. The van der Waals surface area contributed by atoms with Crippen molar-refractivity contribution >= 4 is 19.8 Å². The Morgan fingerprint density at radius 3 is 1.92 bits per heavy atom. The van der Waals surface area contributed by atoms with Crippen molar-refractivity contribution in [1.29, 1.82) is 0 Å². The molecule has 0 saturated heterocycles. The smallest absolute Gasteiger partial charge is 0.462 e. The second kappa shape index (κ2) is 36.5. The number of carbonyl (C=O) groups is 2. The molecule has 3 atom stereocenters. The Bertz CT molecular complexity index is 1140. The Labute approximate surface area is 314 Å². The maximum absolute atomic E-state index is 12.5. The second-order valence-electron chi connectivity index (χ2n) is 12.3. The van der Waals surface area contributed by atoms with Gasteiger partial charge in [-0.3, -0.25) is 18.6 Å². The quantitative estimate of drug-likeness (QED) is 0.0191. The first-order valence-corrected chi connectivity index (χ1v) is 20.7. The second-order valence-corrected chi connectivity index (χ2v) is 13.7. The number of rotatable bonds is 34. The van der Waals surface area contributed by atoms with Crippen LogP contribution in [0.5, 0.6) is 0 Å². The highest BCUT2D eigenvalue weighted by molar-refractivity contribution is 7.47. The van der Waals surface area contributed by atoms with Gasteiger partial charge in [-0.25, -0.2) is 4.57 Å². The van der Waals surface area contributed by atoms with E-state index in [4.69, 9.17) is 24.3 Å². The van der Waals surface area contributed by atoms with Crippen molar-refractivity contribution in [3.8, 4) is 0 Å². The summed E-state index contributed by atoms with van der Waals surface area (Å²) in [5.41, 5.74) is 5.31. The van der Waals surface area contributed by atoms with Crippen molar-refractivity contribution in [2.45, 2.75) is 135 Å². The number of aliphatic hydroxyl groups is 1. The molecule has 0 saturated carbocycles. The zero-order chi connectivity index (χ0) is 38.4. The van der Waals surface area contributed by atoms with Gasteiger partial charge in [-0.15, -0.1) is 0 Å². The normalized spacial score (nSPS) is 14.9. The van der Waals surface area contributed by atoms with E-state index in [-0.39, 0.29) is 39.0 Å². The summed E-state index contributed by atoms with van der Waals surface area (Å²) in [4.78, 5) is 34.7. The Morgan fingerprint density at radius 1 is 0.692 bits per heavy atom. The summed E-state index contributed by atoms with van der Waals surface area (Å²) in [6.07, 6.45) is 41.0. The Morgan fingerprint density at radius 2 is 1.29 bits per heavy atom. The van der Waals surface area contributed by atoms with Gasteiger partial charge in [0.2, 0.25) is 0 Å². The van der Waals surface area contributed by atoms with E-state index in [1.165, 1.54) is 12.8 Å². The number of ether oxygens (including phenoxy) is 2. The molecule has 296 valence electrons. The molecule has 0 aromatic heterocycles. The Hall–Kier alpha value is -2.85. The molecule has 10 nitrogen and oxygen atoms in total. The van der Waals surface area contributed by atoms with E-state index in [9.17, 15) is 24.2 Å². The minimum Gasteiger partial charge on any atom is -0.462 e. The minimum atomic E-state index is -4.43. The molecular formula is C41H68NO9P. The highest BCUT2D eigenvalue weighted by Crippen LogP contribution is 2.43. The van der Waals surface area contributed by atoms with Crippen molar-refractivity contribution in [3.05, 3.63) is 85.1 Å². The van der Waals surface area contributed by atoms with Crippen molar-refractivity contribution in [2.24, 2.45) is 5.73 Å². The van der Waals surface area contributed by atoms with Gasteiger partial charge in [-0.05, 0) is 64.2 Å². The van der Waals surface area contributed by atoms with Gasteiger partial charge in [0.15, 0.2) is 6.10 Å². The zero-order valence-corrected chi connectivity index (χ0v) is 32.8. The molecule has 0 rings (SSSR count). The first kappa shape index (κ1) is 49.1. The van der Waals surface area contributed by atoms with Crippen LogP contribution in [0.4, 0.5) is 0 Å². The monoisotopic (exact) mass is 749 g/mol. The molecular weight excluding hydrogens is 681 g/mol. The van der Waals surface area contributed by atoms with Gasteiger partial charge in [0, 0.05) is 19.4 Å². The van der Waals surface area contributed by atoms with E-state index in [0.29, 0.717) is 6.42 Å². The molecule has 52 heavy (non-hydrogen) atoms. The van der Waals surface area contributed by atoms with Crippen LogP contribution >= 0.6 is 7.82 Å². The van der Waals surface area contributed by atoms with Crippen LogP contribution in [0.2, 0.25) is 0 Å². The summed E-state index contributed by atoms with van der Waals surface area (Å²) in [5.74, 6) is -1.13. The molecule has 0 bridgehead atoms.